The number of hydrogen-bond acceptors (Lipinski definition) is 3. The van der Waals surface area contributed by atoms with Crippen molar-refractivity contribution in [3.8, 4) is 22.6 Å². The van der Waals surface area contributed by atoms with E-state index in [-0.39, 0.29) is 0 Å². The van der Waals surface area contributed by atoms with Crippen molar-refractivity contribution in [3.05, 3.63) is 42.5 Å². The maximum absolute atomic E-state index is 5.50. The Hall–Kier alpha value is -2.16. The smallest absolute Gasteiger partial charge is 0.128 e. The number of anilines is 1. The Morgan fingerprint density at radius 3 is 2.32 bits per heavy atom. The molecule has 0 atom stereocenters. The van der Waals surface area contributed by atoms with Gasteiger partial charge in [0.05, 0.1) is 14.2 Å². The molecule has 0 N–H and O–H groups in total. The predicted octanol–water partition coefficient (Wildman–Crippen LogP) is 3.44. The lowest BCUT2D eigenvalue weighted by Crippen LogP contribution is -2.08. The fourth-order valence-electron chi connectivity index (χ4n) is 1.99. The van der Waals surface area contributed by atoms with Gasteiger partial charge in [0.2, 0.25) is 0 Å². The normalized spacial score (nSPS) is 10.1. The monoisotopic (exact) mass is 257 g/mol. The van der Waals surface area contributed by atoms with Crippen LogP contribution in [0.5, 0.6) is 11.5 Å². The highest BCUT2D eigenvalue weighted by molar-refractivity contribution is 5.74. The Morgan fingerprint density at radius 2 is 1.68 bits per heavy atom. The van der Waals surface area contributed by atoms with Crippen LogP contribution in [0.15, 0.2) is 42.5 Å². The first-order valence-corrected chi connectivity index (χ1v) is 6.15. The molecule has 100 valence electrons. The molecule has 0 radical (unpaired) electrons. The molecule has 2 aromatic carbocycles. The van der Waals surface area contributed by atoms with Crippen LogP contribution in [-0.2, 0) is 0 Å². The second-order valence-corrected chi connectivity index (χ2v) is 4.51. The first kappa shape index (κ1) is 13.3. The molecule has 0 heterocycles. The lowest BCUT2D eigenvalue weighted by molar-refractivity contribution is 0.413. The molecule has 0 aliphatic rings. The molecule has 0 amide bonds. The van der Waals surface area contributed by atoms with Crippen molar-refractivity contribution in [3.63, 3.8) is 0 Å². The van der Waals surface area contributed by atoms with Crippen molar-refractivity contribution in [1.29, 1.82) is 0 Å². The summed E-state index contributed by atoms with van der Waals surface area (Å²) in [6.07, 6.45) is 0. The minimum absolute atomic E-state index is 0.844. The molecule has 2 aromatic rings. The number of nitrogens with zero attached hydrogens (tertiary/aromatic N) is 1. The second-order valence-electron chi connectivity index (χ2n) is 4.51. The maximum Gasteiger partial charge on any atom is 0.128 e. The third-order valence-corrected chi connectivity index (χ3v) is 3.08. The number of methoxy groups -OCH3 is 2. The summed E-state index contributed by atoms with van der Waals surface area (Å²) in [5.41, 5.74) is 3.26. The molecule has 0 saturated heterocycles. The highest BCUT2D eigenvalue weighted by Crippen LogP contribution is 2.34. The summed E-state index contributed by atoms with van der Waals surface area (Å²) in [7, 11) is 7.39. The standard InChI is InChI=1S/C16H19NO2/c1-17(2)13-8-9-15(16(11-13)19-4)12-6-5-7-14(10-12)18-3/h5-11H,1-4H3. The molecule has 2 rings (SSSR count). The average molecular weight is 257 g/mol. The molecular weight excluding hydrogens is 238 g/mol. The minimum Gasteiger partial charge on any atom is -0.497 e. The lowest BCUT2D eigenvalue weighted by atomic mass is 10.0. The highest BCUT2D eigenvalue weighted by atomic mass is 16.5. The van der Waals surface area contributed by atoms with Crippen LogP contribution in [0, 0.1) is 0 Å². The van der Waals surface area contributed by atoms with E-state index in [2.05, 4.69) is 23.1 Å². The molecule has 3 heteroatoms. The summed E-state index contributed by atoms with van der Waals surface area (Å²) in [4.78, 5) is 2.05. The van der Waals surface area contributed by atoms with Gasteiger partial charge >= 0.3 is 0 Å². The predicted molar refractivity (Wildman–Crippen MR) is 79.3 cm³/mol. The van der Waals surface area contributed by atoms with Crippen LogP contribution >= 0.6 is 0 Å². The van der Waals surface area contributed by atoms with Gasteiger partial charge in [0.15, 0.2) is 0 Å². The van der Waals surface area contributed by atoms with E-state index >= 15 is 0 Å². The second kappa shape index (κ2) is 5.65. The quantitative estimate of drug-likeness (QED) is 0.837. The van der Waals surface area contributed by atoms with Crippen LogP contribution in [0.4, 0.5) is 5.69 Å². The van der Waals surface area contributed by atoms with Crippen LogP contribution in [0.25, 0.3) is 11.1 Å². The summed E-state index contributed by atoms with van der Waals surface area (Å²) in [6, 6.07) is 14.2. The highest BCUT2D eigenvalue weighted by Gasteiger charge is 2.08. The summed E-state index contributed by atoms with van der Waals surface area (Å²) < 4.78 is 10.8. The number of hydrogen-bond donors (Lipinski definition) is 0. The van der Waals surface area contributed by atoms with Gasteiger partial charge in [-0.2, -0.15) is 0 Å². The lowest BCUT2D eigenvalue weighted by Gasteiger charge is -2.16. The molecule has 0 aliphatic carbocycles. The molecule has 0 bridgehead atoms. The summed E-state index contributed by atoms with van der Waals surface area (Å²) in [5.74, 6) is 1.70. The number of ether oxygens (including phenoxy) is 2. The van der Waals surface area contributed by atoms with E-state index in [4.69, 9.17) is 9.47 Å². The summed E-state index contributed by atoms with van der Waals surface area (Å²) in [6.45, 7) is 0. The van der Waals surface area contributed by atoms with Crippen LogP contribution < -0.4 is 14.4 Å². The number of rotatable bonds is 4. The van der Waals surface area contributed by atoms with E-state index in [9.17, 15) is 0 Å². The molecule has 0 aromatic heterocycles. The Bertz CT molecular complexity index is 564. The molecular formula is C16H19NO2. The van der Waals surface area contributed by atoms with Crippen molar-refractivity contribution in [2.45, 2.75) is 0 Å². The van der Waals surface area contributed by atoms with E-state index in [1.165, 1.54) is 0 Å². The largest absolute Gasteiger partial charge is 0.497 e. The van der Waals surface area contributed by atoms with Gasteiger partial charge in [0.25, 0.3) is 0 Å². The molecule has 0 fully saturated rings. The van der Waals surface area contributed by atoms with E-state index in [1.807, 2.05) is 38.4 Å². The molecule has 0 saturated carbocycles. The fourth-order valence-corrected chi connectivity index (χ4v) is 1.99. The fraction of sp³-hybridized carbons (Fsp3) is 0.250. The van der Waals surface area contributed by atoms with Crippen molar-refractivity contribution >= 4 is 5.69 Å². The third-order valence-electron chi connectivity index (χ3n) is 3.08. The molecule has 0 unspecified atom stereocenters. The Morgan fingerprint density at radius 1 is 0.895 bits per heavy atom. The van der Waals surface area contributed by atoms with Crippen molar-refractivity contribution in [2.75, 3.05) is 33.2 Å². The van der Waals surface area contributed by atoms with Crippen molar-refractivity contribution in [2.24, 2.45) is 0 Å². The van der Waals surface area contributed by atoms with Gasteiger partial charge in [-0.05, 0) is 29.8 Å². The van der Waals surface area contributed by atoms with E-state index in [0.717, 1.165) is 28.3 Å². The minimum atomic E-state index is 0.844. The van der Waals surface area contributed by atoms with Crippen molar-refractivity contribution < 1.29 is 9.47 Å². The average Bonchev–Trinajstić information content (AvgIpc) is 2.46. The van der Waals surface area contributed by atoms with Gasteiger partial charge in [0, 0.05) is 31.4 Å². The maximum atomic E-state index is 5.50. The third kappa shape index (κ3) is 2.81. The Labute approximate surface area is 114 Å². The first-order valence-electron chi connectivity index (χ1n) is 6.15. The van der Waals surface area contributed by atoms with Gasteiger partial charge in [0.1, 0.15) is 11.5 Å². The summed E-state index contributed by atoms with van der Waals surface area (Å²) in [5, 5.41) is 0. The SMILES string of the molecule is COc1cccc(-c2ccc(N(C)C)cc2OC)c1. The van der Waals surface area contributed by atoms with E-state index < -0.39 is 0 Å². The van der Waals surface area contributed by atoms with Gasteiger partial charge in [-0.25, -0.2) is 0 Å². The Balaban J connectivity index is 2.49. The van der Waals surface area contributed by atoms with Crippen LogP contribution in [0.2, 0.25) is 0 Å². The van der Waals surface area contributed by atoms with E-state index in [0.29, 0.717) is 0 Å². The zero-order valence-corrected chi connectivity index (χ0v) is 11.8. The topological polar surface area (TPSA) is 21.7 Å². The van der Waals surface area contributed by atoms with Gasteiger partial charge in [-0.15, -0.1) is 0 Å². The molecule has 19 heavy (non-hydrogen) atoms. The zero-order valence-electron chi connectivity index (χ0n) is 11.8. The first-order chi connectivity index (χ1) is 9.15. The van der Waals surface area contributed by atoms with E-state index in [1.54, 1.807) is 14.2 Å². The molecule has 0 aliphatic heterocycles. The van der Waals surface area contributed by atoms with Crippen molar-refractivity contribution in [1.82, 2.24) is 0 Å². The number of benzene rings is 2. The Kier molecular flexibility index (Phi) is 3.95. The van der Waals surface area contributed by atoms with Gasteiger partial charge in [-0.1, -0.05) is 12.1 Å². The molecule has 0 spiro atoms. The molecule has 3 nitrogen and oxygen atoms in total. The van der Waals surface area contributed by atoms with Crippen LogP contribution in [0.1, 0.15) is 0 Å². The van der Waals surface area contributed by atoms with Gasteiger partial charge < -0.3 is 14.4 Å². The van der Waals surface area contributed by atoms with Crippen LogP contribution in [0.3, 0.4) is 0 Å². The summed E-state index contributed by atoms with van der Waals surface area (Å²) >= 11 is 0. The van der Waals surface area contributed by atoms with Crippen LogP contribution in [-0.4, -0.2) is 28.3 Å². The zero-order chi connectivity index (χ0) is 13.8. The van der Waals surface area contributed by atoms with Gasteiger partial charge in [-0.3, -0.25) is 0 Å².